The van der Waals surface area contributed by atoms with Crippen molar-refractivity contribution < 1.29 is 19.1 Å². The number of hydrogen-bond donors (Lipinski definition) is 1. The summed E-state index contributed by atoms with van der Waals surface area (Å²) in [5.74, 6) is -0.0842. The summed E-state index contributed by atoms with van der Waals surface area (Å²) >= 11 is 1.32. The van der Waals surface area contributed by atoms with Crippen molar-refractivity contribution in [2.75, 3.05) is 17.7 Å². The minimum absolute atomic E-state index is 0.271. The third-order valence-electron chi connectivity index (χ3n) is 4.34. The number of carbonyl (C=O) groups is 2. The molecule has 0 saturated carbocycles. The van der Waals surface area contributed by atoms with Crippen LogP contribution in [0.1, 0.15) is 11.1 Å². The van der Waals surface area contributed by atoms with E-state index in [0.717, 1.165) is 21.8 Å². The lowest BCUT2D eigenvalue weighted by molar-refractivity contribution is -0.142. The van der Waals surface area contributed by atoms with Crippen molar-refractivity contribution in [3.8, 4) is 11.8 Å². The second kappa shape index (κ2) is 12.7. The Balaban J connectivity index is 1.43. The van der Waals surface area contributed by atoms with Gasteiger partial charge in [0.15, 0.2) is 6.61 Å². The van der Waals surface area contributed by atoms with E-state index >= 15 is 0 Å². The van der Waals surface area contributed by atoms with Gasteiger partial charge in [-0.2, -0.15) is 5.26 Å². The molecule has 7 heteroatoms. The summed E-state index contributed by atoms with van der Waals surface area (Å²) in [5, 5.41) is 11.4. The van der Waals surface area contributed by atoms with Crippen molar-refractivity contribution in [2.45, 2.75) is 11.5 Å². The molecule has 0 heterocycles. The molecule has 166 valence electrons. The van der Waals surface area contributed by atoms with Crippen LogP contribution in [0.3, 0.4) is 0 Å². The third-order valence-corrected chi connectivity index (χ3v) is 5.28. The van der Waals surface area contributed by atoms with Crippen molar-refractivity contribution in [1.29, 1.82) is 5.26 Å². The average molecular weight is 459 g/mol. The summed E-state index contributed by atoms with van der Waals surface area (Å²) in [6.07, 6.45) is 2.87. The number of para-hydroxylation sites is 1. The van der Waals surface area contributed by atoms with Gasteiger partial charge in [0.1, 0.15) is 12.4 Å². The SMILES string of the molecule is N#CCSc1ccccc1NC(=O)COC(=O)/C=C/c1ccc(OCc2ccccc2)cc1. The van der Waals surface area contributed by atoms with E-state index in [9.17, 15) is 9.59 Å². The number of nitriles is 1. The highest BCUT2D eigenvalue weighted by Crippen LogP contribution is 2.26. The number of thioether (sulfide) groups is 1. The smallest absolute Gasteiger partial charge is 0.331 e. The molecular weight excluding hydrogens is 436 g/mol. The van der Waals surface area contributed by atoms with Crippen LogP contribution in [-0.4, -0.2) is 24.2 Å². The molecule has 3 aromatic rings. The molecule has 0 aromatic heterocycles. The zero-order valence-electron chi connectivity index (χ0n) is 17.8. The third kappa shape index (κ3) is 8.20. The minimum atomic E-state index is -0.623. The molecule has 0 aliphatic heterocycles. The van der Waals surface area contributed by atoms with E-state index in [4.69, 9.17) is 14.7 Å². The van der Waals surface area contributed by atoms with E-state index < -0.39 is 18.5 Å². The zero-order chi connectivity index (χ0) is 23.3. The van der Waals surface area contributed by atoms with Gasteiger partial charge in [0.2, 0.25) is 0 Å². The molecule has 0 fully saturated rings. The van der Waals surface area contributed by atoms with E-state index in [1.165, 1.54) is 17.8 Å². The highest BCUT2D eigenvalue weighted by Gasteiger charge is 2.09. The topological polar surface area (TPSA) is 88.4 Å². The standard InChI is InChI=1S/C26H22N2O4S/c27-16-17-33-24-9-5-4-8-23(24)28-25(29)19-32-26(30)15-12-20-10-13-22(14-11-20)31-18-21-6-2-1-3-7-21/h1-15H,17-19H2,(H,28,29)/b15-12+. The van der Waals surface area contributed by atoms with Gasteiger partial charge < -0.3 is 14.8 Å². The van der Waals surface area contributed by atoms with Crippen molar-refractivity contribution in [1.82, 2.24) is 0 Å². The van der Waals surface area contributed by atoms with Crippen LogP contribution in [0.25, 0.3) is 6.08 Å². The molecule has 0 bridgehead atoms. The number of esters is 1. The number of hydrogen-bond acceptors (Lipinski definition) is 6. The Bertz CT molecular complexity index is 1140. The van der Waals surface area contributed by atoms with Crippen LogP contribution in [-0.2, 0) is 20.9 Å². The maximum absolute atomic E-state index is 12.1. The Morgan fingerprint density at radius 3 is 2.45 bits per heavy atom. The van der Waals surface area contributed by atoms with Gasteiger partial charge in [0.25, 0.3) is 5.91 Å². The van der Waals surface area contributed by atoms with Crippen LogP contribution in [0.5, 0.6) is 5.75 Å². The molecule has 0 aliphatic carbocycles. The van der Waals surface area contributed by atoms with Gasteiger partial charge in [-0.1, -0.05) is 54.6 Å². The highest BCUT2D eigenvalue weighted by atomic mass is 32.2. The van der Waals surface area contributed by atoms with Crippen LogP contribution in [0.4, 0.5) is 5.69 Å². The van der Waals surface area contributed by atoms with Gasteiger partial charge in [-0.3, -0.25) is 4.79 Å². The number of nitrogens with zero attached hydrogens (tertiary/aromatic N) is 1. The quantitative estimate of drug-likeness (QED) is 0.259. The van der Waals surface area contributed by atoms with Gasteiger partial charge in [-0.25, -0.2) is 4.79 Å². The molecule has 1 N–H and O–H groups in total. The van der Waals surface area contributed by atoms with Crippen molar-refractivity contribution in [3.63, 3.8) is 0 Å². The van der Waals surface area contributed by atoms with Crippen LogP contribution >= 0.6 is 11.8 Å². The summed E-state index contributed by atoms with van der Waals surface area (Å²) in [6.45, 7) is 0.0680. The molecule has 0 radical (unpaired) electrons. The Morgan fingerprint density at radius 1 is 0.970 bits per heavy atom. The fourth-order valence-corrected chi connectivity index (χ4v) is 3.43. The molecule has 0 atom stereocenters. The fraction of sp³-hybridized carbons (Fsp3) is 0.115. The Kier molecular flexibility index (Phi) is 9.13. The molecule has 3 rings (SSSR count). The van der Waals surface area contributed by atoms with Gasteiger partial charge in [-0.05, 0) is 41.5 Å². The van der Waals surface area contributed by atoms with Crippen LogP contribution < -0.4 is 10.1 Å². The molecule has 3 aromatic carbocycles. The van der Waals surface area contributed by atoms with Gasteiger partial charge in [-0.15, -0.1) is 11.8 Å². The lowest BCUT2D eigenvalue weighted by atomic mass is 10.2. The Hall–Kier alpha value is -4.02. The summed E-state index contributed by atoms with van der Waals surface area (Å²) in [6, 6.07) is 26.4. The molecule has 1 amide bonds. The molecule has 0 aliphatic rings. The molecule has 0 saturated heterocycles. The first kappa shape index (κ1) is 23.6. The van der Waals surface area contributed by atoms with Crippen molar-refractivity contribution in [2.24, 2.45) is 0 Å². The zero-order valence-corrected chi connectivity index (χ0v) is 18.6. The minimum Gasteiger partial charge on any atom is -0.489 e. The number of ether oxygens (including phenoxy) is 2. The first-order valence-electron chi connectivity index (χ1n) is 10.1. The van der Waals surface area contributed by atoms with E-state index in [1.807, 2.05) is 72.8 Å². The van der Waals surface area contributed by atoms with E-state index in [1.54, 1.807) is 18.2 Å². The van der Waals surface area contributed by atoms with Crippen LogP contribution in [0.2, 0.25) is 0 Å². The molecular formula is C26H22N2O4S. The van der Waals surface area contributed by atoms with Crippen LogP contribution in [0.15, 0.2) is 89.8 Å². The Morgan fingerprint density at radius 2 is 1.70 bits per heavy atom. The average Bonchev–Trinajstić information content (AvgIpc) is 2.85. The van der Waals surface area contributed by atoms with E-state index in [0.29, 0.717) is 12.3 Å². The van der Waals surface area contributed by atoms with E-state index in [2.05, 4.69) is 5.32 Å². The lowest BCUT2D eigenvalue weighted by Crippen LogP contribution is -2.20. The normalized spacial score (nSPS) is 10.4. The number of amides is 1. The summed E-state index contributed by atoms with van der Waals surface area (Å²) in [7, 11) is 0. The highest BCUT2D eigenvalue weighted by molar-refractivity contribution is 7.99. The van der Waals surface area contributed by atoms with Gasteiger partial charge in [0, 0.05) is 11.0 Å². The number of benzene rings is 3. The second-order valence-electron chi connectivity index (χ2n) is 6.78. The maximum atomic E-state index is 12.1. The largest absolute Gasteiger partial charge is 0.489 e. The predicted molar refractivity (Wildman–Crippen MR) is 129 cm³/mol. The second-order valence-corrected chi connectivity index (χ2v) is 7.79. The van der Waals surface area contributed by atoms with Crippen molar-refractivity contribution in [3.05, 3.63) is 96.1 Å². The molecule has 0 unspecified atom stereocenters. The number of anilines is 1. The molecule has 0 spiro atoms. The predicted octanol–water partition coefficient (Wildman–Crippen LogP) is 5.08. The molecule has 6 nitrogen and oxygen atoms in total. The monoisotopic (exact) mass is 458 g/mol. The summed E-state index contributed by atoms with van der Waals surface area (Å²) in [4.78, 5) is 24.8. The summed E-state index contributed by atoms with van der Waals surface area (Å²) in [5.41, 5.74) is 2.45. The molecule has 33 heavy (non-hydrogen) atoms. The lowest BCUT2D eigenvalue weighted by Gasteiger charge is -2.09. The van der Waals surface area contributed by atoms with Crippen molar-refractivity contribution >= 4 is 35.4 Å². The van der Waals surface area contributed by atoms with Gasteiger partial charge >= 0.3 is 5.97 Å². The fourth-order valence-electron chi connectivity index (χ4n) is 2.76. The van der Waals surface area contributed by atoms with Gasteiger partial charge in [0.05, 0.1) is 17.5 Å². The van der Waals surface area contributed by atoms with E-state index in [-0.39, 0.29) is 5.75 Å². The first-order chi connectivity index (χ1) is 16.1. The van der Waals surface area contributed by atoms with Crippen LogP contribution in [0, 0.1) is 11.3 Å². The number of carbonyl (C=O) groups excluding carboxylic acids is 2. The Labute approximate surface area is 196 Å². The first-order valence-corrected chi connectivity index (χ1v) is 11.1. The number of nitrogens with one attached hydrogen (secondary N) is 1. The summed E-state index contributed by atoms with van der Waals surface area (Å²) < 4.78 is 10.7. The maximum Gasteiger partial charge on any atom is 0.331 e. The number of rotatable bonds is 10.